The van der Waals surface area contributed by atoms with E-state index in [4.69, 9.17) is 5.73 Å². The first-order chi connectivity index (χ1) is 15.1. The van der Waals surface area contributed by atoms with Crippen molar-refractivity contribution >= 4 is 23.6 Å². The van der Waals surface area contributed by atoms with Crippen LogP contribution in [0.1, 0.15) is 15.9 Å². The summed E-state index contributed by atoms with van der Waals surface area (Å²) in [7, 11) is 0. The minimum Gasteiger partial charge on any atom is -0.368 e. The molecular weight excluding hydrogens is 386 g/mol. The van der Waals surface area contributed by atoms with Crippen molar-refractivity contribution in [3.05, 3.63) is 96.1 Å². The maximum absolute atomic E-state index is 12.7. The van der Waals surface area contributed by atoms with Gasteiger partial charge in [0.15, 0.2) is 0 Å². The van der Waals surface area contributed by atoms with Crippen LogP contribution in [0.15, 0.2) is 84.9 Å². The van der Waals surface area contributed by atoms with E-state index >= 15 is 0 Å². The first-order valence-electron chi connectivity index (χ1n) is 10.4. The van der Waals surface area contributed by atoms with E-state index in [-0.39, 0.29) is 5.91 Å². The average Bonchev–Trinajstić information content (AvgIpc) is 2.83. The summed E-state index contributed by atoms with van der Waals surface area (Å²) in [5.41, 5.74) is 10.1. The minimum atomic E-state index is -0.428. The molecule has 2 amide bonds. The van der Waals surface area contributed by atoms with Crippen molar-refractivity contribution < 1.29 is 9.59 Å². The molecular formula is C26H25N3O2. The lowest BCUT2D eigenvalue weighted by atomic mass is 10.0. The fraction of sp³-hybridized carbons (Fsp3) is 0.154. The molecule has 0 saturated carbocycles. The molecule has 1 fully saturated rings. The van der Waals surface area contributed by atoms with E-state index in [1.165, 1.54) is 0 Å². The zero-order valence-corrected chi connectivity index (χ0v) is 17.3. The molecule has 3 aromatic carbocycles. The number of primary amides is 1. The van der Waals surface area contributed by atoms with Gasteiger partial charge in [-0.2, -0.15) is 0 Å². The molecule has 0 spiro atoms. The number of nitrogens with two attached hydrogens (primary N) is 1. The summed E-state index contributed by atoms with van der Waals surface area (Å²) < 4.78 is 0. The molecule has 0 atom stereocenters. The van der Waals surface area contributed by atoms with Gasteiger partial charge < -0.3 is 15.5 Å². The first-order valence-corrected chi connectivity index (χ1v) is 10.4. The van der Waals surface area contributed by atoms with Crippen LogP contribution in [-0.4, -0.2) is 42.9 Å². The molecule has 1 saturated heterocycles. The van der Waals surface area contributed by atoms with Gasteiger partial charge in [0.2, 0.25) is 11.8 Å². The Hall–Kier alpha value is -3.86. The van der Waals surface area contributed by atoms with Crippen LogP contribution in [0, 0.1) is 0 Å². The molecule has 2 N–H and O–H groups in total. The molecule has 0 bridgehead atoms. The third-order valence-electron chi connectivity index (χ3n) is 5.52. The fourth-order valence-electron chi connectivity index (χ4n) is 3.75. The number of benzene rings is 3. The number of anilines is 1. The zero-order chi connectivity index (χ0) is 21.6. The van der Waals surface area contributed by atoms with E-state index in [2.05, 4.69) is 29.2 Å². The lowest BCUT2D eigenvalue weighted by Gasteiger charge is -2.35. The minimum absolute atomic E-state index is 0.0221. The van der Waals surface area contributed by atoms with Gasteiger partial charge in [0, 0.05) is 43.5 Å². The van der Waals surface area contributed by atoms with Crippen molar-refractivity contribution in [3.8, 4) is 11.1 Å². The number of amides is 2. The van der Waals surface area contributed by atoms with Gasteiger partial charge in [-0.1, -0.05) is 48.5 Å². The van der Waals surface area contributed by atoms with Gasteiger partial charge in [0.1, 0.15) is 0 Å². The molecule has 1 aliphatic rings. The lowest BCUT2D eigenvalue weighted by Crippen LogP contribution is -2.48. The van der Waals surface area contributed by atoms with Gasteiger partial charge in [0.25, 0.3) is 0 Å². The van der Waals surface area contributed by atoms with E-state index < -0.39 is 5.91 Å². The molecule has 0 unspecified atom stereocenters. The number of carbonyl (C=O) groups excluding carboxylic acids is 2. The highest BCUT2D eigenvalue weighted by Gasteiger charge is 2.20. The number of carbonyl (C=O) groups is 2. The maximum Gasteiger partial charge on any atom is 0.248 e. The first kappa shape index (κ1) is 20.4. The second-order valence-electron chi connectivity index (χ2n) is 7.55. The number of hydrogen-bond donors (Lipinski definition) is 1. The molecule has 1 aliphatic heterocycles. The summed E-state index contributed by atoms with van der Waals surface area (Å²) >= 11 is 0. The van der Waals surface area contributed by atoms with E-state index in [1.807, 2.05) is 53.4 Å². The molecule has 0 aromatic heterocycles. The zero-order valence-electron chi connectivity index (χ0n) is 17.3. The smallest absolute Gasteiger partial charge is 0.248 e. The molecule has 5 nitrogen and oxygen atoms in total. The fourth-order valence-corrected chi connectivity index (χ4v) is 3.75. The monoisotopic (exact) mass is 411 g/mol. The number of rotatable bonds is 5. The van der Waals surface area contributed by atoms with Crippen LogP contribution in [0.4, 0.5) is 5.69 Å². The Morgan fingerprint density at radius 3 is 2.13 bits per heavy atom. The molecule has 4 rings (SSSR count). The van der Waals surface area contributed by atoms with E-state index in [1.54, 1.807) is 18.2 Å². The number of nitrogens with zero attached hydrogens (tertiary/aromatic N) is 2. The number of piperazine rings is 1. The maximum atomic E-state index is 12.7. The van der Waals surface area contributed by atoms with Crippen LogP contribution in [0.5, 0.6) is 0 Å². The highest BCUT2D eigenvalue weighted by atomic mass is 16.2. The summed E-state index contributed by atoms with van der Waals surface area (Å²) in [6.07, 6.45) is 3.53. The predicted molar refractivity (Wildman–Crippen MR) is 125 cm³/mol. The normalized spacial score (nSPS) is 14.1. The van der Waals surface area contributed by atoms with Crippen LogP contribution >= 0.6 is 0 Å². The Kier molecular flexibility index (Phi) is 6.13. The highest BCUT2D eigenvalue weighted by Crippen LogP contribution is 2.21. The Bertz CT molecular complexity index is 1080. The Labute approximate surface area is 182 Å². The SMILES string of the molecule is NC(=O)c1ccc(N2CCN(C(=O)/C=C/c3cccc(-c4ccccc4)c3)CC2)cc1. The van der Waals surface area contributed by atoms with Gasteiger partial charge in [0.05, 0.1) is 0 Å². The van der Waals surface area contributed by atoms with Crippen molar-refractivity contribution in [2.75, 3.05) is 31.1 Å². The second-order valence-corrected chi connectivity index (χ2v) is 7.55. The third-order valence-corrected chi connectivity index (χ3v) is 5.52. The van der Waals surface area contributed by atoms with Gasteiger partial charge in [-0.15, -0.1) is 0 Å². The quantitative estimate of drug-likeness (QED) is 0.649. The number of hydrogen-bond acceptors (Lipinski definition) is 3. The Morgan fingerprint density at radius 1 is 0.774 bits per heavy atom. The van der Waals surface area contributed by atoms with E-state index in [0.717, 1.165) is 35.5 Å². The van der Waals surface area contributed by atoms with Gasteiger partial charge in [-0.25, -0.2) is 0 Å². The van der Waals surface area contributed by atoms with Crippen LogP contribution in [0.3, 0.4) is 0 Å². The standard InChI is InChI=1S/C26H25N3O2/c27-26(31)22-10-12-24(13-11-22)28-15-17-29(18-16-28)25(30)14-9-20-5-4-8-23(19-20)21-6-2-1-3-7-21/h1-14,19H,15-18H2,(H2,27,31)/b14-9+. The summed E-state index contributed by atoms with van der Waals surface area (Å²) in [6.45, 7) is 2.81. The molecule has 5 heteroatoms. The molecule has 156 valence electrons. The second kappa shape index (κ2) is 9.30. The van der Waals surface area contributed by atoms with Gasteiger partial charge in [-0.3, -0.25) is 9.59 Å². The Morgan fingerprint density at radius 2 is 1.45 bits per heavy atom. The van der Waals surface area contributed by atoms with Crippen LogP contribution in [-0.2, 0) is 4.79 Å². The van der Waals surface area contributed by atoms with E-state index in [0.29, 0.717) is 18.7 Å². The summed E-state index contributed by atoms with van der Waals surface area (Å²) in [5, 5.41) is 0. The molecule has 0 radical (unpaired) electrons. The highest BCUT2D eigenvalue weighted by molar-refractivity contribution is 5.93. The molecule has 0 aliphatic carbocycles. The molecule has 31 heavy (non-hydrogen) atoms. The average molecular weight is 412 g/mol. The third kappa shape index (κ3) is 5.01. The molecule has 1 heterocycles. The predicted octanol–water partition coefficient (Wildman–Crippen LogP) is 3.81. The summed E-state index contributed by atoms with van der Waals surface area (Å²) in [4.78, 5) is 28.0. The van der Waals surface area contributed by atoms with Crippen molar-refractivity contribution in [2.45, 2.75) is 0 Å². The summed E-state index contributed by atoms with van der Waals surface area (Å²) in [5.74, 6) is -0.406. The van der Waals surface area contributed by atoms with Gasteiger partial charge in [-0.05, 0) is 53.1 Å². The van der Waals surface area contributed by atoms with Crippen LogP contribution < -0.4 is 10.6 Å². The largest absolute Gasteiger partial charge is 0.368 e. The van der Waals surface area contributed by atoms with E-state index in [9.17, 15) is 9.59 Å². The Balaban J connectivity index is 1.35. The van der Waals surface area contributed by atoms with Crippen LogP contribution in [0.25, 0.3) is 17.2 Å². The van der Waals surface area contributed by atoms with Crippen LogP contribution in [0.2, 0.25) is 0 Å². The topological polar surface area (TPSA) is 66.6 Å². The van der Waals surface area contributed by atoms with Gasteiger partial charge >= 0.3 is 0 Å². The molecule has 3 aromatic rings. The van der Waals surface area contributed by atoms with Crippen molar-refractivity contribution in [3.63, 3.8) is 0 Å². The van der Waals surface area contributed by atoms with Crippen molar-refractivity contribution in [2.24, 2.45) is 5.73 Å². The summed E-state index contributed by atoms with van der Waals surface area (Å²) in [6, 6.07) is 25.7. The van der Waals surface area contributed by atoms with Crippen molar-refractivity contribution in [1.29, 1.82) is 0 Å². The lowest BCUT2D eigenvalue weighted by molar-refractivity contribution is -0.126. The van der Waals surface area contributed by atoms with Crippen molar-refractivity contribution in [1.82, 2.24) is 4.90 Å².